The van der Waals surface area contributed by atoms with Crippen molar-refractivity contribution in [1.29, 1.82) is 0 Å². The molecule has 0 saturated heterocycles. The molecular weight excluding hydrogens is 336 g/mol. The Hall–Kier alpha value is -0.240. The number of nitrogen functional groups attached to an aromatic ring is 1. The Morgan fingerprint density at radius 2 is 2.06 bits per heavy atom. The Kier molecular flexibility index (Phi) is 5.11. The minimum absolute atomic E-state index is 0.145. The molecule has 4 nitrogen and oxygen atoms in total. The van der Waals surface area contributed by atoms with Gasteiger partial charge in [0, 0.05) is 21.5 Å². The summed E-state index contributed by atoms with van der Waals surface area (Å²) >= 11 is 4.84. The number of nitrogens with one attached hydrogen (secondary N) is 1. The minimum atomic E-state index is -3.51. The smallest absolute Gasteiger partial charge is 0.240 e. The SMILES string of the molecule is CSC(C)(C)CNS(=O)(=O)c1ccc(Br)c(N)c1. The lowest BCUT2D eigenvalue weighted by Crippen LogP contribution is -2.36. The second kappa shape index (κ2) is 5.81. The van der Waals surface area contributed by atoms with Crippen molar-refractivity contribution < 1.29 is 8.42 Å². The molecule has 0 atom stereocenters. The van der Waals surface area contributed by atoms with Gasteiger partial charge < -0.3 is 5.73 Å². The van der Waals surface area contributed by atoms with Crippen molar-refractivity contribution in [2.24, 2.45) is 0 Å². The summed E-state index contributed by atoms with van der Waals surface area (Å²) in [5.41, 5.74) is 6.09. The van der Waals surface area contributed by atoms with Crippen molar-refractivity contribution in [2.45, 2.75) is 23.5 Å². The van der Waals surface area contributed by atoms with Gasteiger partial charge in [-0.1, -0.05) is 0 Å². The van der Waals surface area contributed by atoms with Crippen LogP contribution in [0.25, 0.3) is 0 Å². The van der Waals surface area contributed by atoms with Crippen LogP contribution in [-0.2, 0) is 10.0 Å². The molecule has 102 valence electrons. The third kappa shape index (κ3) is 4.15. The number of nitrogens with two attached hydrogens (primary N) is 1. The molecule has 0 saturated carbocycles. The van der Waals surface area contributed by atoms with E-state index in [1.165, 1.54) is 12.1 Å². The number of hydrogen-bond donors (Lipinski definition) is 2. The zero-order valence-electron chi connectivity index (χ0n) is 10.5. The molecule has 0 aliphatic heterocycles. The molecule has 1 aromatic rings. The first kappa shape index (κ1) is 15.8. The monoisotopic (exact) mass is 352 g/mol. The van der Waals surface area contributed by atoms with Gasteiger partial charge in [-0.3, -0.25) is 0 Å². The second-order valence-corrected chi connectivity index (χ2v) is 8.61. The molecule has 0 aromatic heterocycles. The Morgan fingerprint density at radius 3 is 2.56 bits per heavy atom. The number of halogens is 1. The van der Waals surface area contributed by atoms with Gasteiger partial charge in [0.2, 0.25) is 10.0 Å². The molecule has 0 radical (unpaired) electrons. The summed E-state index contributed by atoms with van der Waals surface area (Å²) < 4.78 is 27.3. The highest BCUT2D eigenvalue weighted by Crippen LogP contribution is 2.24. The first-order valence-corrected chi connectivity index (χ1v) is 8.78. The molecular formula is C11H17BrN2O2S2. The van der Waals surface area contributed by atoms with Gasteiger partial charge in [0.25, 0.3) is 0 Å². The number of hydrogen-bond acceptors (Lipinski definition) is 4. The fraction of sp³-hybridized carbons (Fsp3) is 0.455. The molecule has 0 fully saturated rings. The number of benzene rings is 1. The highest BCUT2D eigenvalue weighted by Gasteiger charge is 2.21. The highest BCUT2D eigenvalue weighted by molar-refractivity contribution is 9.10. The Bertz CT molecular complexity index is 530. The van der Waals surface area contributed by atoms with E-state index in [1.807, 2.05) is 20.1 Å². The van der Waals surface area contributed by atoms with Crippen LogP contribution in [0.1, 0.15) is 13.8 Å². The highest BCUT2D eigenvalue weighted by atomic mass is 79.9. The maximum absolute atomic E-state index is 12.1. The van der Waals surface area contributed by atoms with Crippen LogP contribution in [0.15, 0.2) is 27.6 Å². The van der Waals surface area contributed by atoms with Gasteiger partial charge in [0.15, 0.2) is 0 Å². The van der Waals surface area contributed by atoms with E-state index in [-0.39, 0.29) is 9.64 Å². The Morgan fingerprint density at radius 1 is 1.44 bits per heavy atom. The topological polar surface area (TPSA) is 72.2 Å². The van der Waals surface area contributed by atoms with Crippen molar-refractivity contribution in [3.05, 3.63) is 22.7 Å². The summed E-state index contributed by atoms with van der Waals surface area (Å²) in [6.07, 6.45) is 1.95. The van der Waals surface area contributed by atoms with Gasteiger partial charge in [-0.15, -0.1) is 0 Å². The number of thioether (sulfide) groups is 1. The third-order valence-electron chi connectivity index (χ3n) is 2.52. The fourth-order valence-corrected chi connectivity index (χ4v) is 2.91. The predicted octanol–water partition coefficient (Wildman–Crippen LogP) is 2.45. The van der Waals surface area contributed by atoms with E-state index in [9.17, 15) is 8.42 Å². The summed E-state index contributed by atoms with van der Waals surface area (Å²) in [6.45, 7) is 4.33. The lowest BCUT2D eigenvalue weighted by Gasteiger charge is -2.22. The van der Waals surface area contributed by atoms with Gasteiger partial charge in [-0.05, 0) is 54.2 Å². The Labute approximate surface area is 121 Å². The van der Waals surface area contributed by atoms with Gasteiger partial charge in [-0.25, -0.2) is 13.1 Å². The number of sulfonamides is 1. The van der Waals surface area contributed by atoms with E-state index in [4.69, 9.17) is 5.73 Å². The third-order valence-corrected chi connectivity index (χ3v) is 5.89. The van der Waals surface area contributed by atoms with E-state index in [1.54, 1.807) is 17.8 Å². The van der Waals surface area contributed by atoms with Crippen molar-refractivity contribution in [3.63, 3.8) is 0 Å². The van der Waals surface area contributed by atoms with Crippen LogP contribution >= 0.6 is 27.7 Å². The number of anilines is 1. The largest absolute Gasteiger partial charge is 0.398 e. The van der Waals surface area contributed by atoms with Crippen molar-refractivity contribution >= 4 is 43.4 Å². The second-order valence-electron chi connectivity index (χ2n) is 4.47. The molecule has 0 unspecified atom stereocenters. The molecule has 0 aliphatic rings. The molecule has 0 bridgehead atoms. The van der Waals surface area contributed by atoms with Crippen LogP contribution < -0.4 is 10.5 Å². The molecule has 7 heteroatoms. The zero-order valence-corrected chi connectivity index (χ0v) is 13.7. The van der Waals surface area contributed by atoms with Gasteiger partial charge >= 0.3 is 0 Å². The first-order chi connectivity index (χ1) is 8.18. The fourth-order valence-electron chi connectivity index (χ4n) is 1.11. The van der Waals surface area contributed by atoms with Gasteiger partial charge in [-0.2, -0.15) is 11.8 Å². The lowest BCUT2D eigenvalue weighted by atomic mass is 10.2. The van der Waals surface area contributed by atoms with Crippen LogP contribution in [0.3, 0.4) is 0 Å². The van der Waals surface area contributed by atoms with E-state index in [0.717, 1.165) is 0 Å². The molecule has 0 spiro atoms. The average molecular weight is 353 g/mol. The standard InChI is InChI=1S/C11H17BrN2O2S2/c1-11(2,17-3)7-14-18(15,16)8-4-5-9(12)10(13)6-8/h4-6,14H,7,13H2,1-3H3. The summed E-state index contributed by atoms with van der Waals surface area (Å²) in [5.74, 6) is 0. The maximum atomic E-state index is 12.1. The van der Waals surface area contributed by atoms with Crippen molar-refractivity contribution in [1.82, 2.24) is 4.72 Å². The maximum Gasteiger partial charge on any atom is 0.240 e. The quantitative estimate of drug-likeness (QED) is 0.798. The summed E-state index contributed by atoms with van der Waals surface area (Å²) in [6, 6.07) is 4.59. The average Bonchev–Trinajstić information content (AvgIpc) is 2.30. The molecule has 3 N–H and O–H groups in total. The molecule has 0 aliphatic carbocycles. The van der Waals surface area contributed by atoms with Crippen molar-refractivity contribution in [3.8, 4) is 0 Å². The summed E-state index contributed by atoms with van der Waals surface area (Å²) in [5, 5.41) is 0. The summed E-state index contributed by atoms with van der Waals surface area (Å²) in [7, 11) is -3.51. The normalized spacial score (nSPS) is 12.7. The molecule has 1 rings (SSSR count). The molecule has 18 heavy (non-hydrogen) atoms. The number of rotatable bonds is 5. The van der Waals surface area contributed by atoms with E-state index in [2.05, 4.69) is 20.7 Å². The summed E-state index contributed by atoms with van der Waals surface area (Å²) in [4.78, 5) is 0.181. The molecule has 0 heterocycles. The van der Waals surface area contributed by atoms with Gasteiger partial charge in [0.05, 0.1) is 4.90 Å². The van der Waals surface area contributed by atoms with Crippen LogP contribution in [-0.4, -0.2) is 26.0 Å². The van der Waals surface area contributed by atoms with Crippen LogP contribution in [0, 0.1) is 0 Å². The van der Waals surface area contributed by atoms with Crippen LogP contribution in [0.2, 0.25) is 0 Å². The minimum Gasteiger partial charge on any atom is -0.398 e. The predicted molar refractivity (Wildman–Crippen MR) is 81.3 cm³/mol. The van der Waals surface area contributed by atoms with E-state index in [0.29, 0.717) is 16.7 Å². The van der Waals surface area contributed by atoms with Crippen LogP contribution in [0.4, 0.5) is 5.69 Å². The van der Waals surface area contributed by atoms with E-state index >= 15 is 0 Å². The van der Waals surface area contributed by atoms with E-state index < -0.39 is 10.0 Å². The molecule has 1 aromatic carbocycles. The Balaban J connectivity index is 2.90. The molecule has 0 amide bonds. The zero-order chi connectivity index (χ0) is 14.0. The van der Waals surface area contributed by atoms with Gasteiger partial charge in [0.1, 0.15) is 0 Å². The van der Waals surface area contributed by atoms with Crippen LogP contribution in [0.5, 0.6) is 0 Å². The lowest BCUT2D eigenvalue weighted by molar-refractivity contribution is 0.571. The first-order valence-electron chi connectivity index (χ1n) is 5.28. The van der Waals surface area contributed by atoms with Crippen molar-refractivity contribution in [2.75, 3.05) is 18.5 Å².